The lowest BCUT2D eigenvalue weighted by Crippen LogP contribution is -2.48. The number of rotatable bonds is 5. The zero-order valence-corrected chi connectivity index (χ0v) is 11.9. The predicted octanol–water partition coefficient (Wildman–Crippen LogP) is 0.319. The third-order valence-corrected chi connectivity index (χ3v) is 3.63. The maximum atomic E-state index is 12.2. The van der Waals surface area contributed by atoms with Crippen LogP contribution < -0.4 is 0 Å². The van der Waals surface area contributed by atoms with Crippen LogP contribution in [-0.2, 0) is 23.7 Å². The molecule has 4 atom stereocenters. The Morgan fingerprint density at radius 2 is 1.73 bits per heavy atom. The molecule has 0 aliphatic carbocycles. The van der Waals surface area contributed by atoms with E-state index in [0.29, 0.717) is 5.56 Å². The number of hydrogen-bond donors (Lipinski definition) is 1. The van der Waals surface area contributed by atoms with Gasteiger partial charge in [-0.25, -0.2) is 4.79 Å². The minimum absolute atomic E-state index is 0.110. The molecule has 2 heterocycles. The van der Waals surface area contributed by atoms with E-state index in [1.807, 2.05) is 0 Å². The molecular weight excluding hydrogens is 292 g/mol. The summed E-state index contributed by atoms with van der Waals surface area (Å²) in [6, 6.07) is 8.58. The first-order chi connectivity index (χ1) is 10.8. The molecule has 0 aromatic heterocycles. The number of aliphatic hydroxyl groups is 1. The Morgan fingerprint density at radius 1 is 1.09 bits per heavy atom. The van der Waals surface area contributed by atoms with Crippen molar-refractivity contribution in [2.75, 3.05) is 26.8 Å². The first-order valence-electron chi connectivity index (χ1n) is 7.08. The van der Waals surface area contributed by atoms with Crippen molar-refractivity contribution in [1.82, 2.24) is 0 Å². The second-order valence-corrected chi connectivity index (χ2v) is 5.11. The summed E-state index contributed by atoms with van der Waals surface area (Å²) in [4.78, 5) is 12.2. The van der Waals surface area contributed by atoms with Crippen LogP contribution in [0, 0.1) is 0 Å². The fraction of sp³-hybridized carbons (Fsp3) is 0.533. The Balaban J connectivity index is 1.71. The molecular formula is C15H18O7. The number of hydrogen-bond acceptors (Lipinski definition) is 7. The van der Waals surface area contributed by atoms with Crippen LogP contribution >= 0.6 is 0 Å². The fourth-order valence-electron chi connectivity index (χ4n) is 2.43. The number of carbonyl (C=O) groups excluding carboxylic acids is 1. The van der Waals surface area contributed by atoms with Crippen LogP contribution in [-0.4, -0.2) is 62.3 Å². The molecule has 2 aliphatic heterocycles. The Hall–Kier alpha value is -1.51. The van der Waals surface area contributed by atoms with Gasteiger partial charge in [0.05, 0.1) is 18.8 Å². The summed E-state index contributed by atoms with van der Waals surface area (Å²) >= 11 is 0. The van der Waals surface area contributed by atoms with E-state index in [0.717, 1.165) is 0 Å². The maximum absolute atomic E-state index is 12.2. The highest BCUT2D eigenvalue weighted by Gasteiger charge is 2.41. The minimum atomic E-state index is -1.05. The summed E-state index contributed by atoms with van der Waals surface area (Å²) in [7, 11) is 0. The van der Waals surface area contributed by atoms with Gasteiger partial charge in [-0.05, 0) is 12.1 Å². The quantitative estimate of drug-likeness (QED) is 0.784. The Labute approximate surface area is 127 Å². The third-order valence-electron chi connectivity index (χ3n) is 3.63. The molecule has 0 bridgehead atoms. The van der Waals surface area contributed by atoms with Crippen molar-refractivity contribution in [2.24, 2.45) is 0 Å². The molecule has 3 rings (SSSR count). The average molecular weight is 310 g/mol. The monoisotopic (exact) mass is 310 g/mol. The van der Waals surface area contributed by atoms with Crippen LogP contribution in [0.2, 0.25) is 0 Å². The first kappa shape index (κ1) is 15.4. The zero-order valence-electron chi connectivity index (χ0n) is 11.9. The lowest BCUT2D eigenvalue weighted by atomic mass is 10.0. The molecule has 1 aromatic carbocycles. The van der Waals surface area contributed by atoms with E-state index in [4.69, 9.17) is 23.7 Å². The molecule has 0 saturated carbocycles. The van der Waals surface area contributed by atoms with Crippen molar-refractivity contribution in [3.8, 4) is 0 Å². The van der Waals surface area contributed by atoms with Gasteiger partial charge in [0.2, 0.25) is 0 Å². The maximum Gasteiger partial charge on any atom is 0.338 e. The molecule has 0 radical (unpaired) electrons. The molecule has 2 fully saturated rings. The largest absolute Gasteiger partial charge is 0.453 e. The van der Waals surface area contributed by atoms with Gasteiger partial charge in [-0.15, -0.1) is 0 Å². The molecule has 7 heteroatoms. The second kappa shape index (κ2) is 7.17. The summed E-state index contributed by atoms with van der Waals surface area (Å²) in [6.45, 7) is 0.716. The highest BCUT2D eigenvalue weighted by Crippen LogP contribution is 2.21. The number of benzene rings is 1. The van der Waals surface area contributed by atoms with Crippen molar-refractivity contribution in [3.63, 3.8) is 0 Å². The standard InChI is InChI=1S/C15H18O7/c16-13(11-6-18-8-20-11)14(12-7-19-9-21-12)22-15(17)10-4-2-1-3-5-10/h1-5,11-14,16H,6-9H2. The number of aliphatic hydroxyl groups excluding tert-OH is 1. The third kappa shape index (κ3) is 3.45. The summed E-state index contributed by atoms with van der Waals surface area (Å²) in [5, 5.41) is 10.4. The Bertz CT molecular complexity index is 480. The smallest absolute Gasteiger partial charge is 0.338 e. The van der Waals surface area contributed by atoms with E-state index in [9.17, 15) is 9.90 Å². The van der Waals surface area contributed by atoms with E-state index < -0.39 is 30.4 Å². The first-order valence-corrected chi connectivity index (χ1v) is 7.08. The second-order valence-electron chi connectivity index (χ2n) is 5.11. The Morgan fingerprint density at radius 3 is 2.32 bits per heavy atom. The molecule has 1 N–H and O–H groups in total. The molecule has 2 aliphatic rings. The summed E-state index contributed by atoms with van der Waals surface area (Å²) < 4.78 is 26.4. The number of esters is 1. The fourth-order valence-corrected chi connectivity index (χ4v) is 2.43. The molecule has 22 heavy (non-hydrogen) atoms. The van der Waals surface area contributed by atoms with E-state index >= 15 is 0 Å². The van der Waals surface area contributed by atoms with Crippen LogP contribution in [0.5, 0.6) is 0 Å². The van der Waals surface area contributed by atoms with Gasteiger partial charge in [-0.1, -0.05) is 18.2 Å². The average Bonchev–Trinajstić information content (AvgIpc) is 3.25. The van der Waals surface area contributed by atoms with E-state index in [1.165, 1.54) is 0 Å². The van der Waals surface area contributed by atoms with Crippen LogP contribution in [0.4, 0.5) is 0 Å². The topological polar surface area (TPSA) is 83.5 Å². The Kier molecular flexibility index (Phi) is 5.01. The molecule has 7 nitrogen and oxygen atoms in total. The molecule has 2 saturated heterocycles. The van der Waals surface area contributed by atoms with E-state index in [1.54, 1.807) is 30.3 Å². The van der Waals surface area contributed by atoms with Crippen molar-refractivity contribution in [3.05, 3.63) is 35.9 Å². The molecule has 120 valence electrons. The van der Waals surface area contributed by atoms with Crippen molar-refractivity contribution in [1.29, 1.82) is 0 Å². The van der Waals surface area contributed by atoms with Crippen molar-refractivity contribution < 1.29 is 33.6 Å². The lowest BCUT2D eigenvalue weighted by Gasteiger charge is -2.29. The summed E-state index contributed by atoms with van der Waals surface area (Å²) in [5.74, 6) is -0.529. The van der Waals surface area contributed by atoms with Gasteiger partial charge < -0.3 is 28.8 Å². The highest BCUT2D eigenvalue weighted by atomic mass is 16.7. The van der Waals surface area contributed by atoms with Crippen LogP contribution in [0.3, 0.4) is 0 Å². The van der Waals surface area contributed by atoms with Gasteiger partial charge in [0.15, 0.2) is 6.10 Å². The summed E-state index contributed by atoms with van der Waals surface area (Å²) in [6.07, 6.45) is -3.03. The van der Waals surface area contributed by atoms with Gasteiger partial charge in [-0.2, -0.15) is 0 Å². The van der Waals surface area contributed by atoms with Crippen molar-refractivity contribution >= 4 is 5.97 Å². The highest BCUT2D eigenvalue weighted by molar-refractivity contribution is 5.89. The molecule has 1 aromatic rings. The molecule has 0 amide bonds. The van der Waals surface area contributed by atoms with E-state index in [-0.39, 0.29) is 26.8 Å². The van der Waals surface area contributed by atoms with Gasteiger partial charge in [0.25, 0.3) is 0 Å². The molecule has 0 spiro atoms. The normalized spacial score (nSPS) is 27.5. The number of carbonyl (C=O) groups is 1. The molecule has 4 unspecified atom stereocenters. The van der Waals surface area contributed by atoms with Gasteiger partial charge >= 0.3 is 5.97 Å². The van der Waals surface area contributed by atoms with Crippen LogP contribution in [0.1, 0.15) is 10.4 Å². The van der Waals surface area contributed by atoms with Gasteiger partial charge in [-0.3, -0.25) is 0 Å². The van der Waals surface area contributed by atoms with E-state index in [2.05, 4.69) is 0 Å². The minimum Gasteiger partial charge on any atom is -0.453 e. The number of ether oxygens (including phenoxy) is 5. The van der Waals surface area contributed by atoms with Crippen LogP contribution in [0.15, 0.2) is 30.3 Å². The zero-order chi connectivity index (χ0) is 15.4. The summed E-state index contributed by atoms with van der Waals surface area (Å²) in [5.41, 5.74) is 0.405. The van der Waals surface area contributed by atoms with Crippen LogP contribution in [0.25, 0.3) is 0 Å². The van der Waals surface area contributed by atoms with Crippen molar-refractivity contribution in [2.45, 2.75) is 24.4 Å². The SMILES string of the molecule is O=C(OC(C1COCO1)C(O)C1COCO1)c1ccccc1. The van der Waals surface area contributed by atoms with Gasteiger partial charge in [0, 0.05) is 0 Å². The lowest BCUT2D eigenvalue weighted by molar-refractivity contribution is -0.115. The predicted molar refractivity (Wildman–Crippen MR) is 73.0 cm³/mol. The van der Waals surface area contributed by atoms with Gasteiger partial charge in [0.1, 0.15) is 31.9 Å².